The molecule has 1 fully saturated rings. The average Bonchev–Trinajstić information content (AvgIpc) is 2.82. The van der Waals surface area contributed by atoms with Crippen LogP contribution in [0.4, 0.5) is 0 Å². The molecule has 0 atom stereocenters. The molecule has 0 radical (unpaired) electrons. The van der Waals surface area contributed by atoms with E-state index in [-0.39, 0.29) is 17.7 Å². The zero-order valence-corrected chi connectivity index (χ0v) is 18.4. The van der Waals surface area contributed by atoms with Crippen LogP contribution >= 0.6 is 11.6 Å². The number of likely N-dealkylation sites (tertiary alicyclic amines) is 1. The number of halogens is 1. The second-order valence-electron chi connectivity index (χ2n) is 7.90. The molecule has 0 aromatic heterocycles. The number of ether oxygens (including phenoxy) is 2. The van der Waals surface area contributed by atoms with Gasteiger partial charge in [0.2, 0.25) is 5.91 Å². The summed E-state index contributed by atoms with van der Waals surface area (Å²) in [6.07, 6.45) is 1.35. The molecule has 31 heavy (non-hydrogen) atoms. The first kappa shape index (κ1) is 21.5. The van der Waals surface area contributed by atoms with Gasteiger partial charge in [0.25, 0.3) is 5.91 Å². The number of rotatable bonds is 5. The molecule has 2 aromatic rings. The third-order valence-corrected chi connectivity index (χ3v) is 6.15. The second-order valence-corrected chi connectivity index (χ2v) is 8.34. The highest BCUT2D eigenvalue weighted by Crippen LogP contribution is 2.31. The molecule has 164 valence electrons. The summed E-state index contributed by atoms with van der Waals surface area (Å²) in [5.41, 5.74) is 1.65. The number of carbonyl (C=O) groups excluding carboxylic acids is 2. The lowest BCUT2D eigenvalue weighted by molar-refractivity contribution is -0.137. The van der Waals surface area contributed by atoms with E-state index in [1.54, 1.807) is 24.3 Å². The van der Waals surface area contributed by atoms with Crippen molar-refractivity contribution in [3.63, 3.8) is 0 Å². The molecule has 0 spiro atoms. The lowest BCUT2D eigenvalue weighted by Crippen LogP contribution is -2.44. The van der Waals surface area contributed by atoms with Crippen molar-refractivity contribution in [3.05, 3.63) is 58.6 Å². The van der Waals surface area contributed by atoms with E-state index < -0.39 is 0 Å². The van der Waals surface area contributed by atoms with E-state index in [2.05, 4.69) is 0 Å². The van der Waals surface area contributed by atoms with Gasteiger partial charge in [-0.25, -0.2) is 0 Å². The molecule has 7 heteroatoms. The Kier molecular flexibility index (Phi) is 6.66. The summed E-state index contributed by atoms with van der Waals surface area (Å²) in [4.78, 5) is 29.6. The molecular weight excluding hydrogens is 416 g/mol. The molecule has 1 saturated heterocycles. The van der Waals surface area contributed by atoms with E-state index in [9.17, 15) is 9.59 Å². The molecule has 2 aromatic carbocycles. The van der Waals surface area contributed by atoms with Crippen LogP contribution in [-0.4, -0.2) is 54.5 Å². The highest BCUT2D eigenvalue weighted by atomic mass is 35.5. The van der Waals surface area contributed by atoms with Gasteiger partial charge >= 0.3 is 0 Å². The zero-order valence-electron chi connectivity index (χ0n) is 17.7. The summed E-state index contributed by atoms with van der Waals surface area (Å²) in [5.74, 6) is 1.57. The second kappa shape index (κ2) is 9.60. The highest BCUT2D eigenvalue weighted by molar-refractivity contribution is 6.30. The van der Waals surface area contributed by atoms with Gasteiger partial charge in [-0.15, -0.1) is 0 Å². The number of carbonyl (C=O) groups is 2. The van der Waals surface area contributed by atoms with Gasteiger partial charge in [0.1, 0.15) is 13.2 Å². The summed E-state index contributed by atoms with van der Waals surface area (Å²) >= 11 is 5.91. The van der Waals surface area contributed by atoms with Crippen molar-refractivity contribution < 1.29 is 19.1 Å². The Morgan fingerprint density at radius 2 is 1.71 bits per heavy atom. The molecule has 0 saturated carbocycles. The summed E-state index contributed by atoms with van der Waals surface area (Å²) in [6.45, 7) is 5.44. The van der Waals surface area contributed by atoms with E-state index >= 15 is 0 Å². The lowest BCUT2D eigenvalue weighted by Gasteiger charge is -2.34. The third kappa shape index (κ3) is 4.96. The number of hydrogen-bond donors (Lipinski definition) is 0. The monoisotopic (exact) mass is 442 g/mol. The van der Waals surface area contributed by atoms with Gasteiger partial charge in [0, 0.05) is 42.7 Å². The first-order valence-corrected chi connectivity index (χ1v) is 11.1. The van der Waals surface area contributed by atoms with Gasteiger partial charge in [-0.1, -0.05) is 17.7 Å². The Morgan fingerprint density at radius 3 is 2.39 bits per heavy atom. The molecule has 0 N–H and O–H groups in total. The summed E-state index contributed by atoms with van der Waals surface area (Å²) in [7, 11) is 0. The van der Waals surface area contributed by atoms with Gasteiger partial charge in [-0.3, -0.25) is 9.59 Å². The average molecular weight is 443 g/mol. The highest BCUT2D eigenvalue weighted by Gasteiger charge is 2.30. The van der Waals surface area contributed by atoms with Crippen molar-refractivity contribution in [3.8, 4) is 11.5 Å². The van der Waals surface area contributed by atoms with E-state index in [0.29, 0.717) is 62.8 Å². The van der Waals surface area contributed by atoms with Crippen LogP contribution in [-0.2, 0) is 11.3 Å². The molecule has 2 aliphatic heterocycles. The first-order valence-electron chi connectivity index (χ1n) is 10.8. The predicted molar refractivity (Wildman–Crippen MR) is 119 cm³/mol. The number of amides is 2. The van der Waals surface area contributed by atoms with Crippen molar-refractivity contribution in [2.75, 3.05) is 32.8 Å². The molecule has 2 aliphatic rings. The van der Waals surface area contributed by atoms with Gasteiger partial charge in [-0.2, -0.15) is 0 Å². The smallest absolute Gasteiger partial charge is 0.253 e. The number of piperidine rings is 1. The normalized spacial score (nSPS) is 16.1. The zero-order chi connectivity index (χ0) is 21.8. The van der Waals surface area contributed by atoms with Crippen LogP contribution in [0.1, 0.15) is 35.7 Å². The fourth-order valence-electron chi connectivity index (χ4n) is 4.11. The molecular formula is C24H27ClN2O4. The van der Waals surface area contributed by atoms with Gasteiger partial charge in [0.05, 0.1) is 0 Å². The Labute approximate surface area is 187 Å². The molecule has 2 heterocycles. The number of benzene rings is 2. The predicted octanol–water partition coefficient (Wildman–Crippen LogP) is 4.01. The fraction of sp³-hybridized carbons (Fsp3) is 0.417. The molecule has 6 nitrogen and oxygen atoms in total. The van der Waals surface area contributed by atoms with Crippen LogP contribution in [0.25, 0.3) is 0 Å². The Balaban J connectivity index is 1.34. The van der Waals surface area contributed by atoms with Crippen LogP contribution < -0.4 is 9.47 Å². The minimum Gasteiger partial charge on any atom is -0.486 e. The minimum absolute atomic E-state index is 0.00816. The number of fused-ring (bicyclic) bond motifs is 1. The largest absolute Gasteiger partial charge is 0.486 e. The van der Waals surface area contributed by atoms with Crippen molar-refractivity contribution >= 4 is 23.4 Å². The van der Waals surface area contributed by atoms with Gasteiger partial charge in [-0.05, 0) is 61.7 Å². The van der Waals surface area contributed by atoms with E-state index in [1.165, 1.54) is 0 Å². The molecule has 0 unspecified atom stereocenters. The SMILES string of the molecule is CCN(Cc1ccc2c(c1)OCCO2)C(=O)C1CCN(C(=O)c2ccc(Cl)cc2)CC1. The molecule has 0 aliphatic carbocycles. The van der Waals surface area contributed by atoms with E-state index in [1.807, 2.05) is 34.9 Å². The topological polar surface area (TPSA) is 59.1 Å². The van der Waals surface area contributed by atoms with Crippen molar-refractivity contribution in [2.24, 2.45) is 5.92 Å². The number of nitrogens with zero attached hydrogens (tertiary/aromatic N) is 2. The Hall–Kier alpha value is -2.73. The van der Waals surface area contributed by atoms with Gasteiger partial charge in [0.15, 0.2) is 11.5 Å². The van der Waals surface area contributed by atoms with Crippen LogP contribution in [0.15, 0.2) is 42.5 Å². The molecule has 0 bridgehead atoms. The maximum Gasteiger partial charge on any atom is 0.253 e. The van der Waals surface area contributed by atoms with Gasteiger partial charge < -0.3 is 19.3 Å². The maximum absolute atomic E-state index is 13.2. The van der Waals surface area contributed by atoms with Crippen LogP contribution in [0.2, 0.25) is 5.02 Å². The number of hydrogen-bond acceptors (Lipinski definition) is 4. The standard InChI is InChI=1S/C24H27ClN2O4/c1-2-26(16-17-3-8-21-22(15-17)31-14-13-30-21)23(28)19-9-11-27(12-10-19)24(29)18-4-6-20(25)7-5-18/h3-8,15,19H,2,9-14,16H2,1H3. The van der Waals surface area contributed by atoms with Crippen LogP contribution in [0, 0.1) is 5.92 Å². The van der Waals surface area contributed by atoms with Crippen LogP contribution in [0.5, 0.6) is 11.5 Å². The van der Waals surface area contributed by atoms with Crippen molar-refractivity contribution in [1.82, 2.24) is 9.80 Å². The van der Waals surface area contributed by atoms with Crippen molar-refractivity contribution in [2.45, 2.75) is 26.3 Å². The van der Waals surface area contributed by atoms with Crippen molar-refractivity contribution in [1.29, 1.82) is 0 Å². The first-order chi connectivity index (χ1) is 15.0. The Bertz CT molecular complexity index is 939. The quantitative estimate of drug-likeness (QED) is 0.702. The lowest BCUT2D eigenvalue weighted by atomic mass is 9.94. The summed E-state index contributed by atoms with van der Waals surface area (Å²) < 4.78 is 11.2. The Morgan fingerprint density at radius 1 is 1.03 bits per heavy atom. The van der Waals surface area contributed by atoms with Crippen LogP contribution in [0.3, 0.4) is 0 Å². The maximum atomic E-state index is 13.2. The fourth-order valence-corrected chi connectivity index (χ4v) is 4.24. The minimum atomic E-state index is -0.0635. The molecule has 4 rings (SSSR count). The van der Waals surface area contributed by atoms with E-state index in [0.717, 1.165) is 17.1 Å². The summed E-state index contributed by atoms with van der Waals surface area (Å²) in [6, 6.07) is 12.8. The van der Waals surface area contributed by atoms with E-state index in [4.69, 9.17) is 21.1 Å². The summed E-state index contributed by atoms with van der Waals surface area (Å²) in [5, 5.41) is 0.610. The third-order valence-electron chi connectivity index (χ3n) is 5.90. The molecule has 2 amide bonds.